The first-order chi connectivity index (χ1) is 14.1. The van der Waals surface area contributed by atoms with E-state index in [1.54, 1.807) is 0 Å². The standard InChI is InChI=1S/C23H39N5O.HI/c1-5-24-23(26(4)17-21-9-16-29-18-21)25-10-11-27-12-14-28(15-13-27)22-8-6-7-19(2)20(22)3;/h6-8,21H,5,9-18H2,1-4H3,(H,24,25);1H. The molecule has 1 aromatic rings. The van der Waals surface area contributed by atoms with E-state index in [0.717, 1.165) is 78.0 Å². The number of aryl methyl sites for hydroxylation is 1. The van der Waals surface area contributed by atoms with E-state index in [9.17, 15) is 0 Å². The van der Waals surface area contributed by atoms with Crippen LogP contribution in [-0.2, 0) is 4.74 Å². The number of nitrogens with one attached hydrogen (secondary N) is 1. The number of hydrogen-bond donors (Lipinski definition) is 1. The van der Waals surface area contributed by atoms with Gasteiger partial charge in [-0.1, -0.05) is 12.1 Å². The van der Waals surface area contributed by atoms with Crippen molar-refractivity contribution >= 4 is 35.6 Å². The molecule has 0 spiro atoms. The lowest BCUT2D eigenvalue weighted by atomic mass is 10.1. The van der Waals surface area contributed by atoms with Crippen LogP contribution in [0, 0.1) is 19.8 Å². The molecule has 2 saturated heterocycles. The molecule has 2 fully saturated rings. The number of piperazine rings is 1. The Bertz CT molecular complexity index is 670. The molecule has 0 saturated carbocycles. The fraction of sp³-hybridized carbons (Fsp3) is 0.696. The van der Waals surface area contributed by atoms with Gasteiger partial charge in [0.05, 0.1) is 13.2 Å². The molecule has 0 bridgehead atoms. The zero-order valence-corrected chi connectivity index (χ0v) is 21.5. The van der Waals surface area contributed by atoms with Crippen molar-refractivity contribution in [1.29, 1.82) is 0 Å². The second-order valence-electron chi connectivity index (χ2n) is 8.39. The molecule has 0 radical (unpaired) electrons. The Kier molecular flexibility index (Phi) is 10.7. The second-order valence-corrected chi connectivity index (χ2v) is 8.39. The summed E-state index contributed by atoms with van der Waals surface area (Å²) in [4.78, 5) is 12.2. The molecule has 1 aromatic carbocycles. The number of halogens is 1. The Labute approximate surface area is 200 Å². The molecule has 1 N–H and O–H groups in total. The number of aliphatic imine (C=N–C) groups is 1. The Morgan fingerprint density at radius 1 is 1.23 bits per heavy atom. The predicted molar refractivity (Wildman–Crippen MR) is 138 cm³/mol. The van der Waals surface area contributed by atoms with Crippen LogP contribution < -0.4 is 10.2 Å². The summed E-state index contributed by atoms with van der Waals surface area (Å²) in [6.45, 7) is 16.5. The lowest BCUT2D eigenvalue weighted by Crippen LogP contribution is -2.47. The van der Waals surface area contributed by atoms with Crippen molar-refractivity contribution in [3.8, 4) is 0 Å². The van der Waals surface area contributed by atoms with Gasteiger partial charge in [0.15, 0.2) is 5.96 Å². The summed E-state index contributed by atoms with van der Waals surface area (Å²) in [7, 11) is 2.14. The van der Waals surface area contributed by atoms with Gasteiger partial charge in [0.2, 0.25) is 0 Å². The van der Waals surface area contributed by atoms with Crippen LogP contribution in [0.4, 0.5) is 5.69 Å². The van der Waals surface area contributed by atoms with E-state index in [1.807, 2.05) is 0 Å². The smallest absolute Gasteiger partial charge is 0.193 e. The van der Waals surface area contributed by atoms with Crippen LogP contribution in [0.25, 0.3) is 0 Å². The summed E-state index contributed by atoms with van der Waals surface area (Å²) in [6, 6.07) is 6.64. The highest BCUT2D eigenvalue weighted by atomic mass is 127. The third-order valence-corrected chi connectivity index (χ3v) is 6.22. The van der Waals surface area contributed by atoms with Crippen LogP contribution >= 0.6 is 24.0 Å². The van der Waals surface area contributed by atoms with Gasteiger partial charge in [-0.05, 0) is 44.4 Å². The first-order valence-electron chi connectivity index (χ1n) is 11.2. The molecular formula is C23H40IN5O. The minimum atomic E-state index is 0. The van der Waals surface area contributed by atoms with Crippen molar-refractivity contribution in [2.45, 2.75) is 27.2 Å². The zero-order valence-electron chi connectivity index (χ0n) is 19.2. The van der Waals surface area contributed by atoms with Crippen LogP contribution in [0.3, 0.4) is 0 Å². The number of guanidine groups is 1. The fourth-order valence-electron chi connectivity index (χ4n) is 4.26. The van der Waals surface area contributed by atoms with Crippen molar-refractivity contribution in [3.05, 3.63) is 29.3 Å². The number of anilines is 1. The normalized spacial score (nSPS) is 20.2. The SMILES string of the molecule is CCNC(=NCCN1CCN(c2cccc(C)c2C)CC1)N(C)CC1CCOC1.I. The van der Waals surface area contributed by atoms with Crippen LogP contribution in [0.1, 0.15) is 24.5 Å². The summed E-state index contributed by atoms with van der Waals surface area (Å²) in [5.41, 5.74) is 4.19. The molecular weight excluding hydrogens is 489 g/mol. The first kappa shape index (κ1) is 25.2. The summed E-state index contributed by atoms with van der Waals surface area (Å²) < 4.78 is 5.52. The number of nitrogens with zero attached hydrogens (tertiary/aromatic N) is 4. The molecule has 0 amide bonds. The molecule has 30 heavy (non-hydrogen) atoms. The maximum Gasteiger partial charge on any atom is 0.193 e. The van der Waals surface area contributed by atoms with Gasteiger partial charge in [0.25, 0.3) is 0 Å². The van der Waals surface area contributed by atoms with Crippen LogP contribution in [-0.4, -0.2) is 88.4 Å². The quantitative estimate of drug-likeness (QED) is 0.335. The highest BCUT2D eigenvalue weighted by Crippen LogP contribution is 2.23. The Morgan fingerprint density at radius 2 is 2.00 bits per heavy atom. The third-order valence-electron chi connectivity index (χ3n) is 6.22. The molecule has 2 aliphatic rings. The average molecular weight is 530 g/mol. The number of hydrogen-bond acceptors (Lipinski definition) is 4. The van der Waals surface area contributed by atoms with Crippen LogP contribution in [0.2, 0.25) is 0 Å². The van der Waals surface area contributed by atoms with Crippen molar-refractivity contribution in [2.24, 2.45) is 10.9 Å². The van der Waals surface area contributed by atoms with Gasteiger partial charge in [0.1, 0.15) is 0 Å². The van der Waals surface area contributed by atoms with Gasteiger partial charge in [-0.15, -0.1) is 24.0 Å². The second kappa shape index (κ2) is 12.7. The lowest BCUT2D eigenvalue weighted by Gasteiger charge is -2.37. The summed E-state index contributed by atoms with van der Waals surface area (Å²) in [5.74, 6) is 1.65. The highest BCUT2D eigenvalue weighted by Gasteiger charge is 2.20. The van der Waals surface area contributed by atoms with E-state index in [4.69, 9.17) is 9.73 Å². The molecule has 6 nitrogen and oxygen atoms in total. The third kappa shape index (κ3) is 6.99. The molecule has 0 aromatic heterocycles. The Balaban J connectivity index is 0.00000320. The topological polar surface area (TPSA) is 43.3 Å². The van der Waals surface area contributed by atoms with E-state index >= 15 is 0 Å². The molecule has 2 heterocycles. The monoisotopic (exact) mass is 529 g/mol. The van der Waals surface area contributed by atoms with Crippen molar-refractivity contribution in [1.82, 2.24) is 15.1 Å². The van der Waals surface area contributed by atoms with Crippen LogP contribution in [0.5, 0.6) is 0 Å². The number of ether oxygens (including phenoxy) is 1. The zero-order chi connectivity index (χ0) is 20.6. The number of benzene rings is 1. The fourth-order valence-corrected chi connectivity index (χ4v) is 4.26. The van der Waals surface area contributed by atoms with E-state index in [2.05, 4.69) is 66.0 Å². The van der Waals surface area contributed by atoms with Crippen molar-refractivity contribution in [2.75, 3.05) is 77.5 Å². The lowest BCUT2D eigenvalue weighted by molar-refractivity contribution is 0.181. The molecule has 2 aliphatic heterocycles. The van der Waals surface area contributed by atoms with Gasteiger partial charge in [0, 0.05) is 71.1 Å². The molecule has 7 heteroatoms. The van der Waals surface area contributed by atoms with E-state index in [0.29, 0.717) is 5.92 Å². The minimum absolute atomic E-state index is 0. The Morgan fingerprint density at radius 3 is 2.67 bits per heavy atom. The van der Waals surface area contributed by atoms with Gasteiger partial charge < -0.3 is 19.9 Å². The summed E-state index contributed by atoms with van der Waals surface area (Å²) in [5, 5.41) is 3.44. The first-order valence-corrected chi connectivity index (χ1v) is 11.2. The maximum absolute atomic E-state index is 5.52. The molecule has 1 unspecified atom stereocenters. The Hall–Kier alpha value is -1.06. The van der Waals surface area contributed by atoms with E-state index < -0.39 is 0 Å². The molecule has 3 rings (SSSR count). The van der Waals surface area contributed by atoms with Crippen molar-refractivity contribution < 1.29 is 4.74 Å². The van der Waals surface area contributed by atoms with Gasteiger partial charge in [-0.25, -0.2) is 0 Å². The molecule has 0 aliphatic carbocycles. The largest absolute Gasteiger partial charge is 0.381 e. The molecule has 1 atom stereocenters. The predicted octanol–water partition coefficient (Wildman–Crippen LogP) is 2.98. The maximum atomic E-state index is 5.52. The van der Waals surface area contributed by atoms with Gasteiger partial charge >= 0.3 is 0 Å². The van der Waals surface area contributed by atoms with E-state index in [1.165, 1.54) is 16.8 Å². The minimum Gasteiger partial charge on any atom is -0.381 e. The van der Waals surface area contributed by atoms with Gasteiger partial charge in [-0.3, -0.25) is 9.89 Å². The van der Waals surface area contributed by atoms with E-state index in [-0.39, 0.29) is 24.0 Å². The van der Waals surface area contributed by atoms with Crippen LogP contribution in [0.15, 0.2) is 23.2 Å². The highest BCUT2D eigenvalue weighted by molar-refractivity contribution is 14.0. The summed E-state index contributed by atoms with van der Waals surface area (Å²) in [6.07, 6.45) is 1.16. The average Bonchev–Trinajstić information content (AvgIpc) is 3.23. The summed E-state index contributed by atoms with van der Waals surface area (Å²) >= 11 is 0. The van der Waals surface area contributed by atoms with Crippen molar-refractivity contribution in [3.63, 3.8) is 0 Å². The molecule has 170 valence electrons. The number of rotatable bonds is 7. The van der Waals surface area contributed by atoms with Gasteiger partial charge in [-0.2, -0.15) is 0 Å².